The molecule has 2 aliphatic rings. The third-order valence-corrected chi connectivity index (χ3v) is 3.51. The monoisotopic (exact) mass is 236 g/mol. The molecule has 1 saturated heterocycles. The summed E-state index contributed by atoms with van der Waals surface area (Å²) in [5.74, 6) is 1.38. The predicted molar refractivity (Wildman–Crippen MR) is 59.5 cm³/mol. The van der Waals surface area contributed by atoms with E-state index in [1.165, 1.54) is 0 Å². The molecule has 0 unspecified atom stereocenters. The number of aliphatic hydroxyl groups excluding tert-OH is 1. The van der Waals surface area contributed by atoms with E-state index in [2.05, 4.69) is 15.2 Å². The summed E-state index contributed by atoms with van der Waals surface area (Å²) in [5, 5.41) is 16.0. The molecule has 0 spiro atoms. The molecule has 1 aliphatic heterocycles. The fourth-order valence-corrected chi connectivity index (χ4v) is 2.33. The van der Waals surface area contributed by atoms with E-state index >= 15 is 0 Å². The number of hydrogen-bond acceptors (Lipinski definition) is 4. The lowest BCUT2D eigenvalue weighted by atomic mass is 10.2. The van der Waals surface area contributed by atoms with Crippen LogP contribution in [0.4, 0.5) is 0 Å². The Kier molecular flexibility index (Phi) is 2.58. The van der Waals surface area contributed by atoms with Crippen molar-refractivity contribution < 1.29 is 9.90 Å². The first-order valence-electron chi connectivity index (χ1n) is 6.13. The number of likely N-dealkylation sites (tertiary alicyclic amines) is 1. The number of H-pyrrole nitrogens is 1. The van der Waals surface area contributed by atoms with E-state index in [-0.39, 0.29) is 24.4 Å². The highest BCUT2D eigenvalue weighted by atomic mass is 16.3. The lowest BCUT2D eigenvalue weighted by molar-refractivity contribution is 0.0666. The molecule has 1 atom stereocenters. The van der Waals surface area contributed by atoms with Gasteiger partial charge >= 0.3 is 0 Å². The van der Waals surface area contributed by atoms with Crippen molar-refractivity contribution in [3.05, 3.63) is 11.6 Å². The number of hydrogen-bond donors (Lipinski definition) is 2. The zero-order valence-corrected chi connectivity index (χ0v) is 9.59. The fourth-order valence-electron chi connectivity index (χ4n) is 2.33. The van der Waals surface area contributed by atoms with E-state index < -0.39 is 0 Å². The van der Waals surface area contributed by atoms with Crippen molar-refractivity contribution in [1.29, 1.82) is 0 Å². The molecule has 1 aromatic rings. The van der Waals surface area contributed by atoms with E-state index in [0.717, 1.165) is 31.5 Å². The largest absolute Gasteiger partial charge is 0.394 e. The Morgan fingerprint density at radius 2 is 2.29 bits per heavy atom. The Labute approximate surface area is 99.0 Å². The summed E-state index contributed by atoms with van der Waals surface area (Å²) in [6, 6.07) is -0.0645. The molecule has 3 rings (SSSR count). The molecule has 2 fully saturated rings. The van der Waals surface area contributed by atoms with Crippen LogP contribution in [0.1, 0.15) is 48.0 Å². The average molecular weight is 236 g/mol. The number of aromatic amines is 1. The van der Waals surface area contributed by atoms with Gasteiger partial charge in [-0.2, -0.15) is 0 Å². The SMILES string of the molecule is O=C(c1n[nH]c(C2CC2)n1)N1CCC[C@@H]1CO. The third kappa shape index (κ3) is 1.93. The lowest BCUT2D eigenvalue weighted by Gasteiger charge is -2.21. The number of carbonyl (C=O) groups is 1. The van der Waals surface area contributed by atoms with Crippen LogP contribution in [0.15, 0.2) is 0 Å². The summed E-state index contributed by atoms with van der Waals surface area (Å²) >= 11 is 0. The molecule has 1 amide bonds. The Morgan fingerprint density at radius 1 is 1.47 bits per heavy atom. The van der Waals surface area contributed by atoms with Crippen LogP contribution in [0.25, 0.3) is 0 Å². The van der Waals surface area contributed by atoms with Crippen molar-refractivity contribution in [3.8, 4) is 0 Å². The van der Waals surface area contributed by atoms with Crippen LogP contribution in [-0.4, -0.2) is 50.3 Å². The van der Waals surface area contributed by atoms with E-state index in [1.54, 1.807) is 4.90 Å². The summed E-state index contributed by atoms with van der Waals surface area (Å²) in [6.45, 7) is 0.711. The summed E-state index contributed by atoms with van der Waals surface area (Å²) in [6.07, 6.45) is 4.07. The smallest absolute Gasteiger partial charge is 0.293 e. The summed E-state index contributed by atoms with van der Waals surface area (Å²) in [5.41, 5.74) is 0. The van der Waals surface area contributed by atoms with Gasteiger partial charge in [-0.05, 0) is 25.7 Å². The lowest BCUT2D eigenvalue weighted by Crippen LogP contribution is -2.38. The Morgan fingerprint density at radius 3 is 3.00 bits per heavy atom. The molecular formula is C11H16N4O2. The molecule has 6 nitrogen and oxygen atoms in total. The minimum Gasteiger partial charge on any atom is -0.394 e. The number of carbonyl (C=O) groups excluding carboxylic acids is 1. The molecule has 2 N–H and O–H groups in total. The Bertz CT molecular complexity index is 427. The highest BCUT2D eigenvalue weighted by Crippen LogP contribution is 2.37. The molecule has 92 valence electrons. The zero-order chi connectivity index (χ0) is 11.8. The van der Waals surface area contributed by atoms with Gasteiger partial charge in [0.15, 0.2) is 0 Å². The molecular weight excluding hydrogens is 220 g/mol. The number of rotatable bonds is 3. The minimum absolute atomic E-state index is 0.0195. The normalized spacial score (nSPS) is 24.3. The van der Waals surface area contributed by atoms with Gasteiger partial charge in [0, 0.05) is 12.5 Å². The summed E-state index contributed by atoms with van der Waals surface area (Å²) in [4.78, 5) is 18.1. The van der Waals surface area contributed by atoms with Crippen molar-refractivity contribution in [2.75, 3.05) is 13.2 Å². The quantitative estimate of drug-likeness (QED) is 0.789. The molecule has 6 heteroatoms. The van der Waals surface area contributed by atoms with Crippen molar-refractivity contribution in [2.45, 2.75) is 37.6 Å². The first-order chi connectivity index (χ1) is 8.29. The summed E-state index contributed by atoms with van der Waals surface area (Å²) < 4.78 is 0. The van der Waals surface area contributed by atoms with E-state index in [9.17, 15) is 9.90 Å². The minimum atomic E-state index is -0.162. The van der Waals surface area contributed by atoms with Gasteiger partial charge in [-0.15, -0.1) is 5.10 Å². The average Bonchev–Trinajstić information content (AvgIpc) is 2.93. The van der Waals surface area contributed by atoms with Crippen molar-refractivity contribution >= 4 is 5.91 Å². The van der Waals surface area contributed by atoms with Crippen molar-refractivity contribution in [1.82, 2.24) is 20.1 Å². The molecule has 1 saturated carbocycles. The van der Waals surface area contributed by atoms with E-state index in [1.807, 2.05) is 0 Å². The maximum absolute atomic E-state index is 12.1. The van der Waals surface area contributed by atoms with Gasteiger partial charge in [0.05, 0.1) is 12.6 Å². The molecule has 0 bridgehead atoms. The Balaban J connectivity index is 1.75. The molecule has 1 aliphatic carbocycles. The highest BCUT2D eigenvalue weighted by Gasteiger charge is 2.33. The zero-order valence-electron chi connectivity index (χ0n) is 9.59. The van der Waals surface area contributed by atoms with Gasteiger partial charge in [0.1, 0.15) is 5.82 Å². The molecule has 0 radical (unpaired) electrons. The van der Waals surface area contributed by atoms with Crippen LogP contribution in [-0.2, 0) is 0 Å². The van der Waals surface area contributed by atoms with E-state index in [0.29, 0.717) is 12.5 Å². The van der Waals surface area contributed by atoms with E-state index in [4.69, 9.17) is 0 Å². The predicted octanol–water partition coefficient (Wildman–Crippen LogP) is 0.279. The van der Waals surface area contributed by atoms with Crippen LogP contribution in [0.2, 0.25) is 0 Å². The second-order valence-electron chi connectivity index (χ2n) is 4.80. The van der Waals surface area contributed by atoms with Gasteiger partial charge in [0.25, 0.3) is 5.91 Å². The maximum atomic E-state index is 12.1. The number of nitrogens with zero attached hydrogens (tertiary/aromatic N) is 3. The first-order valence-corrected chi connectivity index (χ1v) is 6.13. The third-order valence-electron chi connectivity index (χ3n) is 3.51. The van der Waals surface area contributed by atoms with Gasteiger partial charge < -0.3 is 10.0 Å². The van der Waals surface area contributed by atoms with Crippen molar-refractivity contribution in [3.63, 3.8) is 0 Å². The van der Waals surface area contributed by atoms with Gasteiger partial charge in [-0.1, -0.05) is 0 Å². The van der Waals surface area contributed by atoms with Crippen molar-refractivity contribution in [2.24, 2.45) is 0 Å². The van der Waals surface area contributed by atoms with Crippen LogP contribution in [0.3, 0.4) is 0 Å². The molecule has 17 heavy (non-hydrogen) atoms. The standard InChI is InChI=1S/C11H16N4O2/c16-6-8-2-1-5-15(8)11(17)10-12-9(13-14-10)7-3-4-7/h7-8,16H,1-6H2,(H,12,13,14)/t8-/m1/s1. The number of aliphatic hydroxyl groups is 1. The number of aromatic nitrogens is 3. The molecule has 2 heterocycles. The second kappa shape index (κ2) is 4.10. The van der Waals surface area contributed by atoms with Gasteiger partial charge in [-0.25, -0.2) is 4.98 Å². The molecule has 0 aromatic carbocycles. The van der Waals surface area contributed by atoms with Crippen LogP contribution in [0, 0.1) is 0 Å². The topological polar surface area (TPSA) is 82.1 Å². The van der Waals surface area contributed by atoms with Crippen LogP contribution in [0.5, 0.6) is 0 Å². The highest BCUT2D eigenvalue weighted by molar-refractivity contribution is 5.90. The Hall–Kier alpha value is -1.43. The maximum Gasteiger partial charge on any atom is 0.293 e. The number of nitrogens with one attached hydrogen (secondary N) is 1. The second-order valence-corrected chi connectivity index (χ2v) is 4.80. The number of amides is 1. The fraction of sp³-hybridized carbons (Fsp3) is 0.727. The van der Waals surface area contributed by atoms with Crippen LogP contribution >= 0.6 is 0 Å². The van der Waals surface area contributed by atoms with Gasteiger partial charge in [-0.3, -0.25) is 9.89 Å². The van der Waals surface area contributed by atoms with Gasteiger partial charge in [0.2, 0.25) is 5.82 Å². The van der Waals surface area contributed by atoms with Crippen LogP contribution < -0.4 is 0 Å². The first kappa shape index (κ1) is 10.7. The molecule has 1 aromatic heterocycles. The summed E-state index contributed by atoms with van der Waals surface area (Å²) in [7, 11) is 0.